The third-order valence-electron chi connectivity index (χ3n) is 8.19. The largest absolute Gasteiger partial charge is 0.461 e. The number of esters is 2. The molecule has 2 atom stereocenters. The Kier molecular flexibility index (Phi) is 12.3. The summed E-state index contributed by atoms with van der Waals surface area (Å²) in [7, 11) is 0. The van der Waals surface area contributed by atoms with E-state index in [1.807, 2.05) is 115 Å². The molecule has 3 N–H and O–H groups in total. The van der Waals surface area contributed by atoms with Gasteiger partial charge in [-0.25, -0.2) is 4.79 Å². The first kappa shape index (κ1) is 34.6. The Balaban J connectivity index is 1.30. The minimum absolute atomic E-state index is 0.0406. The van der Waals surface area contributed by atoms with Crippen molar-refractivity contribution in [2.75, 3.05) is 0 Å². The van der Waals surface area contributed by atoms with Crippen LogP contribution >= 0.6 is 0 Å². The number of carbonyl (C=O) groups excluding carboxylic acids is 4. The van der Waals surface area contributed by atoms with Crippen molar-refractivity contribution in [3.63, 3.8) is 0 Å². The van der Waals surface area contributed by atoms with E-state index in [2.05, 4.69) is 5.32 Å². The fraction of sp³-hybridized carbons (Fsp3) is 0.220. The molecule has 0 unspecified atom stereocenters. The number of nitrogens with one attached hydrogen (secondary N) is 1. The van der Waals surface area contributed by atoms with Gasteiger partial charge in [-0.2, -0.15) is 0 Å². The maximum absolute atomic E-state index is 13.8. The van der Waals surface area contributed by atoms with Crippen molar-refractivity contribution < 1.29 is 28.7 Å². The van der Waals surface area contributed by atoms with Gasteiger partial charge >= 0.3 is 11.9 Å². The van der Waals surface area contributed by atoms with Crippen molar-refractivity contribution >= 4 is 34.5 Å². The van der Waals surface area contributed by atoms with Gasteiger partial charge in [0.1, 0.15) is 18.8 Å². The maximum Gasteiger partial charge on any atom is 0.328 e. The summed E-state index contributed by atoms with van der Waals surface area (Å²) in [6.45, 7) is 0.143. The quantitative estimate of drug-likeness (QED) is 0.117. The van der Waals surface area contributed by atoms with Gasteiger partial charge in [0.15, 0.2) is 0 Å². The highest BCUT2D eigenvalue weighted by Crippen LogP contribution is 2.20. The minimum Gasteiger partial charge on any atom is -0.461 e. The molecule has 0 radical (unpaired) electrons. The number of hydrogen-bond acceptors (Lipinski definition) is 6. The van der Waals surface area contributed by atoms with E-state index >= 15 is 0 Å². The van der Waals surface area contributed by atoms with Crippen molar-refractivity contribution in [2.45, 2.75) is 57.3 Å². The lowest BCUT2D eigenvalue weighted by Crippen LogP contribution is -2.44. The van der Waals surface area contributed by atoms with Crippen molar-refractivity contribution in [3.05, 3.63) is 155 Å². The van der Waals surface area contributed by atoms with Crippen LogP contribution in [0.5, 0.6) is 0 Å². The molecule has 0 aliphatic rings. The zero-order valence-corrected chi connectivity index (χ0v) is 27.3. The van der Waals surface area contributed by atoms with E-state index in [1.54, 1.807) is 12.1 Å². The molecule has 0 spiro atoms. The topological polar surface area (TPSA) is 125 Å². The molecule has 8 heteroatoms. The number of nitrogens with two attached hydrogens (primary N) is 1. The van der Waals surface area contributed by atoms with Gasteiger partial charge < -0.3 is 20.5 Å². The second-order valence-electron chi connectivity index (χ2n) is 12.0. The fourth-order valence-electron chi connectivity index (χ4n) is 5.71. The Morgan fingerprint density at radius 3 is 2.08 bits per heavy atom. The second kappa shape index (κ2) is 17.4. The van der Waals surface area contributed by atoms with E-state index in [0.717, 1.165) is 33.0 Å². The predicted octanol–water partition coefficient (Wildman–Crippen LogP) is 6.47. The summed E-state index contributed by atoms with van der Waals surface area (Å²) in [5, 5.41) is 4.93. The van der Waals surface area contributed by atoms with Crippen LogP contribution in [0.4, 0.5) is 0 Å². The maximum atomic E-state index is 13.8. The Hall–Kier alpha value is -5.76. The summed E-state index contributed by atoms with van der Waals surface area (Å²) < 4.78 is 11.3. The number of hydrogen-bond donors (Lipinski definition) is 2. The first-order valence-corrected chi connectivity index (χ1v) is 16.4. The molecule has 8 nitrogen and oxygen atoms in total. The van der Waals surface area contributed by atoms with E-state index < -0.39 is 35.9 Å². The van der Waals surface area contributed by atoms with Gasteiger partial charge in [-0.15, -0.1) is 0 Å². The smallest absolute Gasteiger partial charge is 0.328 e. The number of benzene rings is 5. The summed E-state index contributed by atoms with van der Waals surface area (Å²) in [6.07, 6.45) is 0.150. The molecule has 5 rings (SSSR count). The molecule has 250 valence electrons. The van der Waals surface area contributed by atoms with Crippen molar-refractivity contribution in [3.8, 4) is 0 Å². The SMILES string of the molecule is NC(=O)C[C@H](Cc1ccc2ccccc2c1)OC(=O)[C@H](CCCC(=O)OCc1ccccc1)NC(=O)c1ccccc1Cc1ccccc1. The molecule has 0 aliphatic carbocycles. The van der Waals surface area contributed by atoms with Crippen LogP contribution < -0.4 is 11.1 Å². The van der Waals surface area contributed by atoms with Crippen molar-refractivity contribution in [2.24, 2.45) is 5.73 Å². The molecule has 0 aliphatic heterocycles. The van der Waals surface area contributed by atoms with Crippen LogP contribution in [-0.2, 0) is 43.3 Å². The molecule has 49 heavy (non-hydrogen) atoms. The predicted molar refractivity (Wildman–Crippen MR) is 188 cm³/mol. The summed E-state index contributed by atoms with van der Waals surface area (Å²) in [5.41, 5.74) is 9.56. The third kappa shape index (κ3) is 10.6. The van der Waals surface area contributed by atoms with E-state index in [1.165, 1.54) is 0 Å². The Labute approximate surface area is 286 Å². The molecule has 0 aromatic heterocycles. The highest BCUT2D eigenvalue weighted by atomic mass is 16.5. The third-order valence-corrected chi connectivity index (χ3v) is 8.19. The molecule has 0 saturated heterocycles. The minimum atomic E-state index is -1.09. The lowest BCUT2D eigenvalue weighted by molar-refractivity contribution is -0.153. The Bertz CT molecular complexity index is 1880. The molecule has 0 fully saturated rings. The average Bonchev–Trinajstić information content (AvgIpc) is 3.11. The van der Waals surface area contributed by atoms with Crippen molar-refractivity contribution in [1.29, 1.82) is 0 Å². The lowest BCUT2D eigenvalue weighted by Gasteiger charge is -2.23. The number of amides is 2. The zero-order chi connectivity index (χ0) is 34.4. The molecular weight excluding hydrogens is 616 g/mol. The second-order valence-corrected chi connectivity index (χ2v) is 12.0. The van der Waals surface area contributed by atoms with Crippen LogP contribution in [0.3, 0.4) is 0 Å². The van der Waals surface area contributed by atoms with Crippen LogP contribution in [0.15, 0.2) is 127 Å². The molecule has 0 saturated carbocycles. The van der Waals surface area contributed by atoms with Gasteiger partial charge in [-0.1, -0.05) is 121 Å². The Morgan fingerprint density at radius 2 is 1.35 bits per heavy atom. The average molecular weight is 657 g/mol. The summed E-state index contributed by atoms with van der Waals surface area (Å²) >= 11 is 0. The molecule has 5 aromatic rings. The number of primary amides is 1. The van der Waals surface area contributed by atoms with Gasteiger partial charge in [0.25, 0.3) is 5.91 Å². The van der Waals surface area contributed by atoms with E-state index in [-0.39, 0.29) is 38.7 Å². The highest BCUT2D eigenvalue weighted by molar-refractivity contribution is 5.98. The first-order valence-electron chi connectivity index (χ1n) is 16.4. The first-order chi connectivity index (χ1) is 23.8. The van der Waals surface area contributed by atoms with E-state index in [9.17, 15) is 19.2 Å². The molecule has 0 heterocycles. The van der Waals surface area contributed by atoms with Crippen LogP contribution in [0.1, 0.15) is 58.3 Å². The Morgan fingerprint density at radius 1 is 0.694 bits per heavy atom. The molecule has 0 bridgehead atoms. The van der Waals surface area contributed by atoms with Gasteiger partial charge in [0.05, 0.1) is 6.42 Å². The van der Waals surface area contributed by atoms with Crippen LogP contribution in [0.25, 0.3) is 10.8 Å². The standard InChI is InChI=1S/C41H40N2O6/c42-38(44)27-35(26-31-22-23-32-16-7-8-17-33(32)25-31)49-41(47)37(20-11-21-39(45)48-28-30-14-5-2-6-15-30)43-40(46)36-19-10-9-18-34(36)24-29-12-3-1-4-13-29/h1-10,12-19,22-23,25,35,37H,11,20-21,24,26-28H2,(H2,42,44)(H,43,46)/t35-,37-/m0/s1. The van der Waals surface area contributed by atoms with Crippen LogP contribution in [-0.4, -0.2) is 35.9 Å². The summed E-state index contributed by atoms with van der Waals surface area (Å²) in [6, 6.07) is 39.0. The van der Waals surface area contributed by atoms with Gasteiger partial charge in [-0.3, -0.25) is 14.4 Å². The normalized spacial score (nSPS) is 12.1. The number of rotatable bonds is 16. The fourth-order valence-corrected chi connectivity index (χ4v) is 5.71. The highest BCUT2D eigenvalue weighted by Gasteiger charge is 2.28. The van der Waals surface area contributed by atoms with Crippen LogP contribution in [0.2, 0.25) is 0 Å². The van der Waals surface area contributed by atoms with Gasteiger partial charge in [-0.05, 0) is 58.4 Å². The lowest BCUT2D eigenvalue weighted by atomic mass is 9.98. The van der Waals surface area contributed by atoms with Gasteiger partial charge in [0.2, 0.25) is 5.91 Å². The molecular formula is C41H40N2O6. The van der Waals surface area contributed by atoms with E-state index in [4.69, 9.17) is 15.2 Å². The van der Waals surface area contributed by atoms with Crippen molar-refractivity contribution in [1.82, 2.24) is 5.32 Å². The number of fused-ring (bicyclic) bond motifs is 1. The van der Waals surface area contributed by atoms with Gasteiger partial charge in [0, 0.05) is 18.4 Å². The number of carbonyl (C=O) groups is 4. The summed E-state index contributed by atoms with van der Waals surface area (Å²) in [4.78, 5) is 52.1. The molecule has 2 amide bonds. The zero-order valence-electron chi connectivity index (χ0n) is 27.3. The van der Waals surface area contributed by atoms with Crippen LogP contribution in [0, 0.1) is 0 Å². The monoisotopic (exact) mass is 656 g/mol. The number of ether oxygens (including phenoxy) is 2. The summed E-state index contributed by atoms with van der Waals surface area (Å²) in [5.74, 6) is -2.19. The molecule has 5 aromatic carbocycles. The van der Waals surface area contributed by atoms with E-state index in [0.29, 0.717) is 12.0 Å².